The molecule has 2 aromatic carbocycles. The lowest BCUT2D eigenvalue weighted by Gasteiger charge is -2.26. The molecule has 118 valence electrons. The molecule has 0 fully saturated rings. The first-order chi connectivity index (χ1) is 11.0. The summed E-state index contributed by atoms with van der Waals surface area (Å²) in [5.41, 5.74) is 1.48. The van der Waals surface area contributed by atoms with Crippen molar-refractivity contribution in [1.82, 2.24) is 0 Å². The Hall–Kier alpha value is -2.89. The van der Waals surface area contributed by atoms with Crippen LogP contribution in [0.2, 0.25) is 0 Å². The Morgan fingerprint density at radius 1 is 1.30 bits per heavy atom. The van der Waals surface area contributed by atoms with Gasteiger partial charge in [-0.15, -0.1) is 0 Å². The molecule has 0 radical (unpaired) electrons. The maximum absolute atomic E-state index is 13.5. The number of nitrogens with one attached hydrogen (secondary N) is 1. The normalized spacial score (nSPS) is 13.3. The quantitative estimate of drug-likeness (QED) is 0.946. The van der Waals surface area contributed by atoms with Crippen LogP contribution in [-0.2, 0) is 16.0 Å². The number of para-hydroxylation sites is 1. The molecule has 0 bridgehead atoms. The second-order valence-corrected chi connectivity index (χ2v) is 5.25. The summed E-state index contributed by atoms with van der Waals surface area (Å²) in [5.74, 6) is -0.360. The minimum atomic E-state index is -0.481. The number of benzene rings is 2. The Morgan fingerprint density at radius 3 is 2.87 bits per heavy atom. The van der Waals surface area contributed by atoms with E-state index in [-0.39, 0.29) is 30.5 Å². The minimum absolute atomic E-state index is 0.0105. The summed E-state index contributed by atoms with van der Waals surface area (Å²) in [5, 5.41) is 2.53. The number of carbonyl (C=O) groups excluding carboxylic acids is 2. The van der Waals surface area contributed by atoms with Gasteiger partial charge in [0.15, 0.2) is 6.61 Å². The Bertz CT molecular complexity index is 776. The van der Waals surface area contributed by atoms with Gasteiger partial charge in [-0.3, -0.25) is 9.59 Å². The summed E-state index contributed by atoms with van der Waals surface area (Å²) >= 11 is 0. The van der Waals surface area contributed by atoms with Gasteiger partial charge in [-0.2, -0.15) is 0 Å². The van der Waals surface area contributed by atoms with Crippen LogP contribution in [0.25, 0.3) is 0 Å². The molecule has 1 aliphatic heterocycles. The SMILES string of the molecule is CN1C(=O)COc2ccc(CC(=O)Nc3ccccc3F)cc21. The predicted molar refractivity (Wildman–Crippen MR) is 84.1 cm³/mol. The molecule has 1 N–H and O–H groups in total. The van der Waals surface area contributed by atoms with Gasteiger partial charge in [0, 0.05) is 7.05 Å². The number of halogens is 1. The maximum atomic E-state index is 13.5. The minimum Gasteiger partial charge on any atom is -0.482 e. The van der Waals surface area contributed by atoms with Crippen molar-refractivity contribution in [2.75, 3.05) is 23.9 Å². The highest BCUT2D eigenvalue weighted by molar-refractivity contribution is 5.98. The third-order valence-electron chi connectivity index (χ3n) is 3.62. The monoisotopic (exact) mass is 314 g/mol. The fourth-order valence-corrected chi connectivity index (χ4v) is 2.37. The van der Waals surface area contributed by atoms with Crippen LogP contribution in [-0.4, -0.2) is 25.5 Å². The van der Waals surface area contributed by atoms with E-state index in [1.165, 1.54) is 17.0 Å². The first-order valence-electron chi connectivity index (χ1n) is 7.11. The summed E-state index contributed by atoms with van der Waals surface area (Å²) in [4.78, 5) is 25.2. The molecule has 1 aliphatic rings. The van der Waals surface area contributed by atoms with Crippen molar-refractivity contribution in [2.24, 2.45) is 0 Å². The Balaban J connectivity index is 1.75. The molecule has 0 saturated heterocycles. The van der Waals surface area contributed by atoms with Gasteiger partial charge >= 0.3 is 0 Å². The van der Waals surface area contributed by atoms with E-state index in [1.54, 1.807) is 37.4 Å². The average molecular weight is 314 g/mol. The summed E-state index contributed by atoms with van der Waals surface area (Å²) in [6.07, 6.45) is 0.0731. The van der Waals surface area contributed by atoms with Crippen LogP contribution >= 0.6 is 0 Å². The highest BCUT2D eigenvalue weighted by Gasteiger charge is 2.22. The molecule has 5 nitrogen and oxygen atoms in total. The van der Waals surface area contributed by atoms with Gasteiger partial charge < -0.3 is 15.0 Å². The lowest BCUT2D eigenvalue weighted by Crippen LogP contribution is -2.35. The lowest BCUT2D eigenvalue weighted by molar-refractivity contribution is -0.121. The van der Waals surface area contributed by atoms with Crippen molar-refractivity contribution in [3.63, 3.8) is 0 Å². The molecule has 6 heteroatoms. The Labute approximate surface area is 132 Å². The van der Waals surface area contributed by atoms with Crippen LogP contribution in [0.3, 0.4) is 0 Å². The Morgan fingerprint density at radius 2 is 2.09 bits per heavy atom. The fourth-order valence-electron chi connectivity index (χ4n) is 2.37. The summed E-state index contributed by atoms with van der Waals surface area (Å²) < 4.78 is 18.9. The number of nitrogens with zero attached hydrogens (tertiary/aromatic N) is 1. The highest BCUT2D eigenvalue weighted by atomic mass is 19.1. The first-order valence-corrected chi connectivity index (χ1v) is 7.11. The summed E-state index contributed by atoms with van der Waals surface area (Å²) in [6.45, 7) is 0.0105. The second-order valence-electron chi connectivity index (χ2n) is 5.25. The van der Waals surface area contributed by atoms with Gasteiger partial charge in [-0.1, -0.05) is 18.2 Å². The average Bonchev–Trinajstić information content (AvgIpc) is 2.54. The van der Waals surface area contributed by atoms with E-state index >= 15 is 0 Å². The third-order valence-corrected chi connectivity index (χ3v) is 3.62. The molecular formula is C17H15FN2O3. The second kappa shape index (κ2) is 6.08. The zero-order valence-corrected chi connectivity index (χ0v) is 12.5. The van der Waals surface area contributed by atoms with Gasteiger partial charge in [0.05, 0.1) is 17.8 Å². The molecule has 0 aromatic heterocycles. The number of likely N-dealkylation sites (N-methyl/N-ethyl adjacent to an activating group) is 1. The summed E-state index contributed by atoms with van der Waals surface area (Å²) in [6, 6.07) is 11.2. The third kappa shape index (κ3) is 3.15. The van der Waals surface area contributed by atoms with Gasteiger partial charge in [0.25, 0.3) is 5.91 Å². The molecule has 1 heterocycles. The zero-order chi connectivity index (χ0) is 16.4. The predicted octanol–water partition coefficient (Wildman–Crippen LogP) is 2.36. The molecule has 0 saturated carbocycles. The van der Waals surface area contributed by atoms with Gasteiger partial charge in [0.2, 0.25) is 5.91 Å². The molecule has 0 unspecified atom stereocenters. The van der Waals surface area contributed by atoms with E-state index in [4.69, 9.17) is 4.74 Å². The zero-order valence-electron chi connectivity index (χ0n) is 12.5. The number of anilines is 2. The van der Waals surface area contributed by atoms with Crippen LogP contribution in [0, 0.1) is 5.82 Å². The topological polar surface area (TPSA) is 58.6 Å². The number of amides is 2. The molecular weight excluding hydrogens is 299 g/mol. The van der Waals surface area contributed by atoms with Crippen molar-refractivity contribution in [3.05, 3.63) is 53.8 Å². The first kappa shape index (κ1) is 15.0. The Kier molecular flexibility index (Phi) is 3.97. The summed E-state index contributed by atoms with van der Waals surface area (Å²) in [7, 11) is 1.66. The van der Waals surface area contributed by atoms with Crippen LogP contribution in [0.1, 0.15) is 5.56 Å². The van der Waals surface area contributed by atoms with Crippen molar-refractivity contribution in [1.29, 1.82) is 0 Å². The van der Waals surface area contributed by atoms with Crippen LogP contribution in [0.4, 0.5) is 15.8 Å². The van der Waals surface area contributed by atoms with Gasteiger partial charge in [0.1, 0.15) is 11.6 Å². The number of fused-ring (bicyclic) bond motifs is 1. The standard InChI is InChI=1S/C17H15FN2O3/c1-20-14-8-11(6-7-15(14)23-10-17(20)22)9-16(21)19-13-5-3-2-4-12(13)18/h2-8H,9-10H2,1H3,(H,19,21). The number of carbonyl (C=O) groups is 2. The maximum Gasteiger partial charge on any atom is 0.264 e. The molecule has 0 spiro atoms. The number of ether oxygens (including phenoxy) is 1. The lowest BCUT2D eigenvalue weighted by atomic mass is 10.1. The van der Waals surface area contributed by atoms with Gasteiger partial charge in [-0.05, 0) is 29.8 Å². The van der Waals surface area contributed by atoms with Crippen LogP contribution in [0.15, 0.2) is 42.5 Å². The molecule has 23 heavy (non-hydrogen) atoms. The van der Waals surface area contributed by atoms with E-state index in [1.807, 2.05) is 0 Å². The molecule has 0 atom stereocenters. The van der Waals surface area contributed by atoms with Crippen molar-refractivity contribution in [3.8, 4) is 5.75 Å². The van der Waals surface area contributed by atoms with Crippen molar-refractivity contribution >= 4 is 23.2 Å². The molecule has 3 rings (SSSR count). The molecule has 2 aromatic rings. The number of hydrogen-bond donors (Lipinski definition) is 1. The van der Waals surface area contributed by atoms with E-state index in [9.17, 15) is 14.0 Å². The fraction of sp³-hybridized carbons (Fsp3) is 0.176. The van der Waals surface area contributed by atoms with E-state index in [2.05, 4.69) is 5.32 Å². The van der Waals surface area contributed by atoms with Gasteiger partial charge in [-0.25, -0.2) is 4.39 Å². The van der Waals surface area contributed by atoms with E-state index < -0.39 is 5.82 Å². The van der Waals surface area contributed by atoms with E-state index in [0.29, 0.717) is 17.0 Å². The number of hydrogen-bond acceptors (Lipinski definition) is 3. The largest absolute Gasteiger partial charge is 0.482 e. The highest BCUT2D eigenvalue weighted by Crippen LogP contribution is 2.32. The van der Waals surface area contributed by atoms with Crippen LogP contribution < -0.4 is 15.0 Å². The molecule has 2 amide bonds. The van der Waals surface area contributed by atoms with Crippen molar-refractivity contribution < 1.29 is 18.7 Å². The van der Waals surface area contributed by atoms with Crippen molar-refractivity contribution in [2.45, 2.75) is 6.42 Å². The number of rotatable bonds is 3. The molecule has 0 aliphatic carbocycles. The smallest absolute Gasteiger partial charge is 0.264 e. The van der Waals surface area contributed by atoms with E-state index in [0.717, 1.165) is 0 Å². The van der Waals surface area contributed by atoms with Crippen LogP contribution in [0.5, 0.6) is 5.75 Å².